The molecule has 1 heterocycles. The Morgan fingerprint density at radius 3 is 1.91 bits per heavy atom. The van der Waals surface area contributed by atoms with Crippen molar-refractivity contribution in [3.05, 3.63) is 47.3 Å². The van der Waals surface area contributed by atoms with Gasteiger partial charge in [0.15, 0.2) is 0 Å². The van der Waals surface area contributed by atoms with Crippen LogP contribution in [0.5, 0.6) is 5.75 Å². The normalized spacial score (nSPS) is 17.4. The first-order chi connectivity index (χ1) is 20.3. The second-order valence-corrected chi connectivity index (χ2v) is 12.4. The Kier molecular flexibility index (Phi) is 18.8. The van der Waals surface area contributed by atoms with Gasteiger partial charge in [-0.2, -0.15) is 0 Å². The predicted molar refractivity (Wildman–Crippen MR) is 179 cm³/mol. The number of piperazine rings is 1. The van der Waals surface area contributed by atoms with E-state index in [2.05, 4.69) is 69.1 Å². The van der Waals surface area contributed by atoms with E-state index in [0.29, 0.717) is 0 Å². The van der Waals surface area contributed by atoms with Gasteiger partial charge in [0.25, 0.3) is 0 Å². The standard InChI is InChI=1S/C23H34F3N3O.C7H14.C6H14/c1-6-12-28-13-15-29(16-14-28)22(18(3)7-2)17-19(4)27(5)20-8-10-21(11-9-20)30-23(24,25)26;1-7-5-3-2-4-6-7;1-4-6(3)5-2/h8-11,17H,6-7,12-16H2,1-5H3;7H,2-6H2,1H3;6H,4-5H2,1-3H3/b19-17-,22-18-;;. The zero-order valence-electron chi connectivity index (χ0n) is 28.8. The van der Waals surface area contributed by atoms with Crippen LogP contribution in [-0.2, 0) is 0 Å². The Morgan fingerprint density at radius 2 is 1.51 bits per heavy atom. The Balaban J connectivity index is 0.000000584. The van der Waals surface area contributed by atoms with Crippen molar-refractivity contribution in [1.29, 1.82) is 0 Å². The van der Waals surface area contributed by atoms with Gasteiger partial charge in [0.05, 0.1) is 0 Å². The first kappa shape index (κ1) is 38.9. The molecule has 0 N–H and O–H groups in total. The molecule has 0 amide bonds. The van der Waals surface area contributed by atoms with Crippen LogP contribution in [-0.4, -0.2) is 55.9 Å². The molecule has 0 aromatic heterocycles. The van der Waals surface area contributed by atoms with Crippen molar-refractivity contribution in [1.82, 2.24) is 9.80 Å². The molecule has 1 saturated carbocycles. The van der Waals surface area contributed by atoms with Crippen LogP contribution in [0.2, 0.25) is 0 Å². The molecule has 1 aromatic carbocycles. The van der Waals surface area contributed by atoms with Crippen LogP contribution in [0, 0.1) is 11.8 Å². The maximum atomic E-state index is 12.4. The molecule has 2 aliphatic rings. The second-order valence-electron chi connectivity index (χ2n) is 12.4. The number of benzene rings is 1. The molecule has 248 valence electrons. The molecule has 0 spiro atoms. The summed E-state index contributed by atoms with van der Waals surface area (Å²) >= 11 is 0. The lowest BCUT2D eigenvalue weighted by atomic mass is 9.91. The lowest BCUT2D eigenvalue weighted by molar-refractivity contribution is -0.274. The molecule has 43 heavy (non-hydrogen) atoms. The molecule has 0 radical (unpaired) electrons. The highest BCUT2D eigenvalue weighted by molar-refractivity contribution is 5.53. The number of alkyl halides is 3. The fourth-order valence-electron chi connectivity index (χ4n) is 5.16. The summed E-state index contributed by atoms with van der Waals surface area (Å²) in [6.07, 6.45) is 9.75. The fraction of sp³-hybridized carbons (Fsp3) is 0.722. The van der Waals surface area contributed by atoms with Crippen molar-refractivity contribution in [3.8, 4) is 5.75 Å². The maximum Gasteiger partial charge on any atom is 0.573 e. The highest BCUT2D eigenvalue weighted by Gasteiger charge is 2.31. The molecule has 0 unspecified atom stereocenters. The van der Waals surface area contributed by atoms with E-state index in [0.717, 1.165) is 62.4 Å². The number of allylic oxidation sites excluding steroid dienone is 3. The maximum absolute atomic E-state index is 12.4. The van der Waals surface area contributed by atoms with Gasteiger partial charge in [0.1, 0.15) is 5.75 Å². The van der Waals surface area contributed by atoms with Gasteiger partial charge in [-0.3, -0.25) is 4.90 Å². The Bertz CT molecular complexity index is 924. The molecular formula is C36H62F3N3O. The predicted octanol–water partition coefficient (Wildman–Crippen LogP) is 10.7. The van der Waals surface area contributed by atoms with E-state index in [1.807, 2.05) is 18.9 Å². The number of halogens is 3. The van der Waals surface area contributed by atoms with E-state index in [1.54, 1.807) is 12.1 Å². The van der Waals surface area contributed by atoms with E-state index >= 15 is 0 Å². The molecule has 4 nitrogen and oxygen atoms in total. The van der Waals surface area contributed by atoms with Crippen LogP contribution in [0.15, 0.2) is 47.3 Å². The Morgan fingerprint density at radius 1 is 0.953 bits per heavy atom. The van der Waals surface area contributed by atoms with Crippen LogP contribution in [0.3, 0.4) is 0 Å². The third kappa shape index (κ3) is 15.9. The SMILES string of the molecule is CC1CCCCC1.CCC(C)CC.CCCN1CCN(C(/C=C(/C)N(C)c2ccc(OC(F)(F)F)cc2)=C(/C)CC)CC1. The van der Waals surface area contributed by atoms with E-state index in [4.69, 9.17) is 0 Å². The molecule has 0 atom stereocenters. The summed E-state index contributed by atoms with van der Waals surface area (Å²) in [7, 11) is 1.92. The number of ether oxygens (including phenoxy) is 1. The third-order valence-corrected chi connectivity index (χ3v) is 8.84. The van der Waals surface area contributed by atoms with Crippen LogP contribution in [0.1, 0.15) is 113 Å². The molecule has 1 aliphatic carbocycles. The summed E-state index contributed by atoms with van der Waals surface area (Å²) < 4.78 is 41.1. The highest BCUT2D eigenvalue weighted by atomic mass is 19.4. The number of nitrogens with zero attached hydrogens (tertiary/aromatic N) is 3. The van der Waals surface area contributed by atoms with Crippen LogP contribution in [0.25, 0.3) is 0 Å². The highest BCUT2D eigenvalue weighted by Crippen LogP contribution is 2.27. The Hall–Kier alpha value is -2.15. The van der Waals surface area contributed by atoms with Crippen molar-refractivity contribution in [3.63, 3.8) is 0 Å². The third-order valence-electron chi connectivity index (χ3n) is 8.84. The minimum atomic E-state index is -4.68. The molecule has 1 saturated heterocycles. The van der Waals surface area contributed by atoms with Crippen LogP contribution in [0.4, 0.5) is 18.9 Å². The van der Waals surface area contributed by atoms with Crippen molar-refractivity contribution >= 4 is 5.69 Å². The van der Waals surface area contributed by atoms with Gasteiger partial charge in [-0.05, 0) is 75.4 Å². The Labute approximate surface area is 262 Å². The molecule has 2 fully saturated rings. The van der Waals surface area contributed by atoms with Crippen molar-refractivity contribution in [2.45, 2.75) is 120 Å². The first-order valence-electron chi connectivity index (χ1n) is 16.8. The van der Waals surface area contributed by atoms with Gasteiger partial charge < -0.3 is 14.5 Å². The quantitative estimate of drug-likeness (QED) is 0.246. The van der Waals surface area contributed by atoms with Crippen molar-refractivity contribution in [2.24, 2.45) is 11.8 Å². The number of hydrogen-bond donors (Lipinski definition) is 0. The minimum absolute atomic E-state index is 0.214. The van der Waals surface area contributed by atoms with Gasteiger partial charge in [-0.1, -0.05) is 92.1 Å². The number of hydrogen-bond acceptors (Lipinski definition) is 4. The summed E-state index contributed by atoms with van der Waals surface area (Å²) in [4.78, 5) is 6.93. The summed E-state index contributed by atoms with van der Waals surface area (Å²) in [6.45, 7) is 22.9. The zero-order valence-corrected chi connectivity index (χ0v) is 28.8. The van der Waals surface area contributed by atoms with Crippen molar-refractivity contribution in [2.75, 3.05) is 44.7 Å². The van der Waals surface area contributed by atoms with Crippen LogP contribution >= 0.6 is 0 Å². The summed E-state index contributed by atoms with van der Waals surface area (Å²) in [6, 6.07) is 5.96. The average Bonchev–Trinajstić information content (AvgIpc) is 3.00. The van der Waals surface area contributed by atoms with Gasteiger partial charge in [-0.15, -0.1) is 13.2 Å². The minimum Gasteiger partial charge on any atom is -0.406 e. The van der Waals surface area contributed by atoms with Crippen LogP contribution < -0.4 is 9.64 Å². The average molecular weight is 610 g/mol. The molecule has 1 aliphatic heterocycles. The summed E-state index contributed by atoms with van der Waals surface area (Å²) in [5.41, 5.74) is 4.41. The van der Waals surface area contributed by atoms with Gasteiger partial charge in [0.2, 0.25) is 0 Å². The lowest BCUT2D eigenvalue weighted by Gasteiger charge is -2.37. The van der Waals surface area contributed by atoms with E-state index in [1.165, 1.54) is 74.8 Å². The zero-order chi connectivity index (χ0) is 32.4. The molecule has 0 bridgehead atoms. The van der Waals surface area contributed by atoms with E-state index in [-0.39, 0.29) is 5.75 Å². The fourth-order valence-corrected chi connectivity index (χ4v) is 5.16. The number of rotatable bonds is 10. The smallest absolute Gasteiger partial charge is 0.406 e. The largest absolute Gasteiger partial charge is 0.573 e. The lowest BCUT2D eigenvalue weighted by Crippen LogP contribution is -2.46. The van der Waals surface area contributed by atoms with Gasteiger partial charge in [-0.25, -0.2) is 0 Å². The molecule has 7 heteroatoms. The monoisotopic (exact) mass is 609 g/mol. The number of anilines is 1. The topological polar surface area (TPSA) is 19.0 Å². The molecule has 1 aromatic rings. The summed E-state index contributed by atoms with van der Waals surface area (Å²) in [5, 5.41) is 0. The molecule has 3 rings (SSSR count). The first-order valence-corrected chi connectivity index (χ1v) is 16.8. The second kappa shape index (κ2) is 20.7. The van der Waals surface area contributed by atoms with E-state index in [9.17, 15) is 13.2 Å². The van der Waals surface area contributed by atoms with Crippen molar-refractivity contribution < 1.29 is 17.9 Å². The van der Waals surface area contributed by atoms with Gasteiger partial charge >= 0.3 is 6.36 Å². The van der Waals surface area contributed by atoms with Gasteiger partial charge in [0, 0.05) is 50.3 Å². The summed E-state index contributed by atoms with van der Waals surface area (Å²) in [5.74, 6) is 1.76. The van der Waals surface area contributed by atoms with E-state index < -0.39 is 6.36 Å². The molecular weight excluding hydrogens is 547 g/mol.